The van der Waals surface area contributed by atoms with Gasteiger partial charge in [0, 0.05) is 5.92 Å². The van der Waals surface area contributed by atoms with Crippen molar-refractivity contribution in [3.63, 3.8) is 0 Å². The molecule has 1 heterocycles. The van der Waals surface area contributed by atoms with E-state index in [4.69, 9.17) is 4.74 Å². The molecule has 0 radical (unpaired) electrons. The van der Waals surface area contributed by atoms with Crippen molar-refractivity contribution >= 4 is 11.9 Å². The molecule has 1 aliphatic heterocycles. The van der Waals surface area contributed by atoms with Crippen LogP contribution in [0.2, 0.25) is 0 Å². The molecule has 6 nitrogen and oxygen atoms in total. The average Bonchev–Trinajstić information content (AvgIpc) is 2.49. The Bertz CT molecular complexity index is 444. The molecule has 2 rings (SSSR count). The molecule has 0 bridgehead atoms. The number of carbonyl (C=O) groups excluding carboxylic acids is 2. The summed E-state index contributed by atoms with van der Waals surface area (Å²) in [5, 5.41) is 8.01. The number of rotatable bonds is 4. The van der Waals surface area contributed by atoms with Gasteiger partial charge >= 0.3 is 6.03 Å². The van der Waals surface area contributed by atoms with Crippen molar-refractivity contribution in [1.29, 1.82) is 0 Å². The lowest BCUT2D eigenvalue weighted by Gasteiger charge is -2.21. The molecule has 1 aromatic rings. The standard InChI is InChI=1S/C14H19N3O3/c18-13(11-6-8-15-9-7-11)17-14(19)16-10-20-12-4-2-1-3-5-12/h1-5,11,15H,6-10H2,(H2,16,17,18,19). The zero-order valence-corrected chi connectivity index (χ0v) is 11.2. The fraction of sp³-hybridized carbons (Fsp3) is 0.429. The Morgan fingerprint density at radius 1 is 1.20 bits per heavy atom. The van der Waals surface area contributed by atoms with Crippen LogP contribution in [0.1, 0.15) is 12.8 Å². The minimum atomic E-state index is -0.524. The number of imide groups is 1. The van der Waals surface area contributed by atoms with Crippen LogP contribution < -0.4 is 20.7 Å². The summed E-state index contributed by atoms with van der Waals surface area (Å²) in [6, 6.07) is 8.63. The third kappa shape index (κ3) is 4.55. The predicted octanol–water partition coefficient (Wildman–Crippen LogP) is 0.848. The van der Waals surface area contributed by atoms with Crippen LogP contribution in [0, 0.1) is 5.92 Å². The van der Waals surface area contributed by atoms with Crippen LogP contribution in [-0.2, 0) is 4.79 Å². The van der Waals surface area contributed by atoms with Gasteiger partial charge in [0.1, 0.15) is 5.75 Å². The van der Waals surface area contributed by atoms with E-state index < -0.39 is 6.03 Å². The van der Waals surface area contributed by atoms with E-state index >= 15 is 0 Å². The molecule has 108 valence electrons. The SMILES string of the molecule is O=C(NCOc1ccccc1)NC(=O)C1CCNCC1. The summed E-state index contributed by atoms with van der Waals surface area (Å²) in [6.07, 6.45) is 1.53. The Morgan fingerprint density at radius 3 is 2.60 bits per heavy atom. The van der Waals surface area contributed by atoms with Gasteiger partial charge in [-0.1, -0.05) is 18.2 Å². The number of benzene rings is 1. The van der Waals surface area contributed by atoms with Crippen molar-refractivity contribution < 1.29 is 14.3 Å². The maximum Gasteiger partial charge on any atom is 0.324 e. The molecule has 1 aliphatic rings. The van der Waals surface area contributed by atoms with E-state index in [0.717, 1.165) is 25.9 Å². The van der Waals surface area contributed by atoms with Crippen LogP contribution in [0.25, 0.3) is 0 Å². The Kier molecular flexibility index (Phi) is 5.37. The van der Waals surface area contributed by atoms with Crippen LogP contribution in [0.4, 0.5) is 4.79 Å². The summed E-state index contributed by atoms with van der Waals surface area (Å²) in [5.41, 5.74) is 0. The molecule has 1 fully saturated rings. The third-order valence-corrected chi connectivity index (χ3v) is 3.16. The second-order valence-corrected chi connectivity index (χ2v) is 4.62. The Labute approximate surface area is 117 Å². The average molecular weight is 277 g/mol. The van der Waals surface area contributed by atoms with E-state index in [1.54, 1.807) is 12.1 Å². The highest BCUT2D eigenvalue weighted by molar-refractivity contribution is 5.95. The summed E-state index contributed by atoms with van der Waals surface area (Å²) >= 11 is 0. The van der Waals surface area contributed by atoms with Crippen molar-refractivity contribution in [2.24, 2.45) is 5.92 Å². The molecule has 1 aromatic carbocycles. The highest BCUT2D eigenvalue weighted by Crippen LogP contribution is 2.11. The molecule has 0 atom stereocenters. The number of hydrogen-bond acceptors (Lipinski definition) is 4. The van der Waals surface area contributed by atoms with Gasteiger partial charge in [-0.05, 0) is 38.1 Å². The molecule has 0 aromatic heterocycles. The van der Waals surface area contributed by atoms with Gasteiger partial charge in [-0.2, -0.15) is 0 Å². The van der Waals surface area contributed by atoms with E-state index in [1.807, 2.05) is 18.2 Å². The molecule has 6 heteroatoms. The maximum absolute atomic E-state index is 11.8. The number of carbonyl (C=O) groups is 2. The normalized spacial score (nSPS) is 15.4. The van der Waals surface area contributed by atoms with E-state index in [-0.39, 0.29) is 18.6 Å². The van der Waals surface area contributed by atoms with Crippen molar-refractivity contribution in [3.05, 3.63) is 30.3 Å². The minimum Gasteiger partial charge on any atom is -0.473 e. The molecular formula is C14H19N3O3. The smallest absolute Gasteiger partial charge is 0.324 e. The zero-order valence-electron chi connectivity index (χ0n) is 11.2. The van der Waals surface area contributed by atoms with Crippen LogP contribution in [-0.4, -0.2) is 31.8 Å². The van der Waals surface area contributed by atoms with Gasteiger partial charge in [0.15, 0.2) is 6.73 Å². The van der Waals surface area contributed by atoms with Gasteiger partial charge in [-0.25, -0.2) is 4.79 Å². The number of hydrogen-bond donors (Lipinski definition) is 3. The number of para-hydroxylation sites is 1. The molecule has 1 saturated heterocycles. The van der Waals surface area contributed by atoms with Gasteiger partial charge in [0.05, 0.1) is 0 Å². The molecule has 20 heavy (non-hydrogen) atoms. The Hall–Kier alpha value is -2.08. The second-order valence-electron chi connectivity index (χ2n) is 4.62. The van der Waals surface area contributed by atoms with Gasteiger partial charge in [-0.3, -0.25) is 10.1 Å². The molecule has 0 saturated carbocycles. The van der Waals surface area contributed by atoms with Crippen LogP contribution in [0.5, 0.6) is 5.75 Å². The van der Waals surface area contributed by atoms with Crippen LogP contribution >= 0.6 is 0 Å². The first-order valence-electron chi connectivity index (χ1n) is 6.73. The van der Waals surface area contributed by atoms with E-state index in [9.17, 15) is 9.59 Å². The van der Waals surface area contributed by atoms with Gasteiger partial charge in [-0.15, -0.1) is 0 Å². The molecule has 0 unspecified atom stereocenters. The largest absolute Gasteiger partial charge is 0.473 e. The molecule has 0 aliphatic carbocycles. The quantitative estimate of drug-likeness (QED) is 0.713. The summed E-state index contributed by atoms with van der Waals surface area (Å²) in [5.74, 6) is 0.359. The topological polar surface area (TPSA) is 79.5 Å². The Morgan fingerprint density at radius 2 is 1.90 bits per heavy atom. The predicted molar refractivity (Wildman–Crippen MR) is 74.2 cm³/mol. The first kappa shape index (κ1) is 14.3. The number of amides is 3. The van der Waals surface area contributed by atoms with Crippen molar-refractivity contribution in [1.82, 2.24) is 16.0 Å². The second kappa shape index (κ2) is 7.49. The third-order valence-electron chi connectivity index (χ3n) is 3.16. The maximum atomic E-state index is 11.8. The summed E-state index contributed by atoms with van der Waals surface area (Å²) in [6.45, 7) is 1.66. The number of ether oxygens (including phenoxy) is 1. The Balaban J connectivity index is 1.66. The number of nitrogens with one attached hydrogen (secondary N) is 3. The lowest BCUT2D eigenvalue weighted by atomic mass is 9.97. The summed E-state index contributed by atoms with van der Waals surface area (Å²) in [7, 11) is 0. The summed E-state index contributed by atoms with van der Waals surface area (Å²) < 4.78 is 5.31. The van der Waals surface area contributed by atoms with E-state index in [1.165, 1.54) is 0 Å². The van der Waals surface area contributed by atoms with Gasteiger partial charge < -0.3 is 15.4 Å². The van der Waals surface area contributed by atoms with Crippen LogP contribution in [0.3, 0.4) is 0 Å². The zero-order chi connectivity index (χ0) is 14.2. The highest BCUT2D eigenvalue weighted by Gasteiger charge is 2.22. The number of urea groups is 1. The first-order chi connectivity index (χ1) is 9.75. The lowest BCUT2D eigenvalue weighted by molar-refractivity contribution is -0.124. The fourth-order valence-electron chi connectivity index (χ4n) is 2.04. The molecule has 3 N–H and O–H groups in total. The first-order valence-corrected chi connectivity index (χ1v) is 6.73. The van der Waals surface area contributed by atoms with Gasteiger partial charge in [0.25, 0.3) is 0 Å². The van der Waals surface area contributed by atoms with E-state index in [0.29, 0.717) is 5.75 Å². The molecular weight excluding hydrogens is 258 g/mol. The van der Waals surface area contributed by atoms with E-state index in [2.05, 4.69) is 16.0 Å². The lowest BCUT2D eigenvalue weighted by Crippen LogP contribution is -2.45. The minimum absolute atomic E-state index is 0.0232. The number of piperidine rings is 1. The molecule has 3 amide bonds. The highest BCUT2D eigenvalue weighted by atomic mass is 16.5. The van der Waals surface area contributed by atoms with Crippen molar-refractivity contribution in [2.45, 2.75) is 12.8 Å². The van der Waals surface area contributed by atoms with Gasteiger partial charge in [0.2, 0.25) is 5.91 Å². The van der Waals surface area contributed by atoms with Crippen LogP contribution in [0.15, 0.2) is 30.3 Å². The fourth-order valence-corrected chi connectivity index (χ4v) is 2.04. The van der Waals surface area contributed by atoms with Crippen molar-refractivity contribution in [3.8, 4) is 5.75 Å². The summed E-state index contributed by atoms with van der Waals surface area (Å²) in [4.78, 5) is 23.3. The molecule has 0 spiro atoms. The van der Waals surface area contributed by atoms with Crippen molar-refractivity contribution in [2.75, 3.05) is 19.8 Å². The monoisotopic (exact) mass is 277 g/mol.